The number of benzene rings is 1. The lowest BCUT2D eigenvalue weighted by Crippen LogP contribution is -2.30. The van der Waals surface area contributed by atoms with Crippen LogP contribution in [0.4, 0.5) is 5.69 Å². The van der Waals surface area contributed by atoms with Gasteiger partial charge in [-0.2, -0.15) is 0 Å². The topological polar surface area (TPSA) is 58.6 Å². The van der Waals surface area contributed by atoms with Crippen molar-refractivity contribution in [3.8, 4) is 5.75 Å². The van der Waals surface area contributed by atoms with Crippen molar-refractivity contribution in [3.63, 3.8) is 0 Å². The van der Waals surface area contributed by atoms with Crippen LogP contribution in [0.3, 0.4) is 0 Å². The summed E-state index contributed by atoms with van der Waals surface area (Å²) in [4.78, 5) is 12.1. The van der Waals surface area contributed by atoms with E-state index in [2.05, 4.69) is 12.2 Å². The molecule has 1 aliphatic carbocycles. The van der Waals surface area contributed by atoms with Gasteiger partial charge in [-0.25, -0.2) is 0 Å². The molecule has 4 heteroatoms. The smallest absolute Gasteiger partial charge is 0.227 e. The molecule has 1 aliphatic rings. The number of amides is 1. The number of hydrogen-bond donors (Lipinski definition) is 2. The standard InChI is InChI=1S/C18H27NO3/c1-3-4-11-22-15-7-8-16(14(2)12-15)19-17(20)13-18(21)9-5-6-10-18/h7-8,12,21H,3-6,9-11,13H2,1-2H3,(H,19,20). The number of ether oxygens (including phenoxy) is 1. The second-order valence-corrected chi connectivity index (χ2v) is 6.34. The molecule has 0 spiro atoms. The molecule has 0 atom stereocenters. The van der Waals surface area contributed by atoms with E-state index in [-0.39, 0.29) is 12.3 Å². The molecule has 1 fully saturated rings. The fourth-order valence-electron chi connectivity index (χ4n) is 2.90. The molecule has 0 unspecified atom stereocenters. The van der Waals surface area contributed by atoms with Gasteiger partial charge in [-0.15, -0.1) is 0 Å². The van der Waals surface area contributed by atoms with Crippen molar-refractivity contribution >= 4 is 11.6 Å². The van der Waals surface area contributed by atoms with Crippen molar-refractivity contribution in [3.05, 3.63) is 23.8 Å². The Bertz CT molecular complexity index is 507. The van der Waals surface area contributed by atoms with Gasteiger partial charge in [0.25, 0.3) is 0 Å². The zero-order valence-electron chi connectivity index (χ0n) is 13.7. The average Bonchev–Trinajstić information content (AvgIpc) is 2.88. The summed E-state index contributed by atoms with van der Waals surface area (Å²) in [6, 6.07) is 5.69. The second-order valence-electron chi connectivity index (χ2n) is 6.34. The molecule has 22 heavy (non-hydrogen) atoms. The van der Waals surface area contributed by atoms with Crippen LogP contribution in [0, 0.1) is 6.92 Å². The summed E-state index contributed by atoms with van der Waals surface area (Å²) < 4.78 is 5.66. The maximum Gasteiger partial charge on any atom is 0.227 e. The van der Waals surface area contributed by atoms with Gasteiger partial charge < -0.3 is 15.2 Å². The Morgan fingerprint density at radius 2 is 2.09 bits per heavy atom. The lowest BCUT2D eigenvalue weighted by Gasteiger charge is -2.21. The van der Waals surface area contributed by atoms with E-state index in [9.17, 15) is 9.90 Å². The third-order valence-corrected chi connectivity index (χ3v) is 4.26. The first-order valence-electron chi connectivity index (χ1n) is 8.28. The molecule has 0 radical (unpaired) electrons. The Hall–Kier alpha value is -1.55. The molecule has 1 saturated carbocycles. The van der Waals surface area contributed by atoms with Crippen molar-refractivity contribution < 1.29 is 14.6 Å². The molecule has 0 heterocycles. The number of rotatable bonds is 7. The van der Waals surface area contributed by atoms with Gasteiger partial charge in [-0.1, -0.05) is 26.2 Å². The minimum absolute atomic E-state index is 0.118. The van der Waals surface area contributed by atoms with Gasteiger partial charge in [0.2, 0.25) is 5.91 Å². The number of aliphatic hydroxyl groups is 1. The van der Waals surface area contributed by atoms with Gasteiger partial charge in [-0.3, -0.25) is 4.79 Å². The lowest BCUT2D eigenvalue weighted by molar-refractivity contribution is -0.120. The number of aryl methyl sites for hydroxylation is 1. The maximum absolute atomic E-state index is 12.1. The van der Waals surface area contributed by atoms with Crippen LogP contribution in [0.15, 0.2) is 18.2 Å². The van der Waals surface area contributed by atoms with Crippen LogP contribution < -0.4 is 10.1 Å². The van der Waals surface area contributed by atoms with Crippen LogP contribution in [-0.2, 0) is 4.79 Å². The predicted octanol–water partition coefficient (Wildman–Crippen LogP) is 3.81. The first-order valence-corrected chi connectivity index (χ1v) is 8.28. The summed E-state index contributed by atoms with van der Waals surface area (Å²) in [6.07, 6.45) is 5.79. The Kier molecular flexibility index (Phi) is 5.83. The first kappa shape index (κ1) is 16.8. The zero-order valence-corrected chi connectivity index (χ0v) is 13.7. The highest BCUT2D eigenvalue weighted by Crippen LogP contribution is 2.32. The van der Waals surface area contributed by atoms with Gasteiger partial charge in [0.05, 0.1) is 18.6 Å². The Balaban J connectivity index is 1.90. The SMILES string of the molecule is CCCCOc1ccc(NC(=O)CC2(O)CCCC2)c(C)c1. The van der Waals surface area contributed by atoms with E-state index in [1.165, 1.54) is 0 Å². The predicted molar refractivity (Wildman–Crippen MR) is 88.2 cm³/mol. The third kappa shape index (κ3) is 4.73. The van der Waals surface area contributed by atoms with Crippen LogP contribution in [0.2, 0.25) is 0 Å². The molecule has 0 saturated heterocycles. The van der Waals surface area contributed by atoms with Crippen molar-refractivity contribution in [1.82, 2.24) is 0 Å². The minimum atomic E-state index is -0.804. The van der Waals surface area contributed by atoms with Crippen molar-refractivity contribution in [2.75, 3.05) is 11.9 Å². The summed E-state index contributed by atoms with van der Waals surface area (Å²) in [6.45, 7) is 4.80. The van der Waals surface area contributed by atoms with Crippen molar-refractivity contribution in [2.24, 2.45) is 0 Å². The first-order chi connectivity index (χ1) is 10.5. The maximum atomic E-state index is 12.1. The van der Waals surface area contributed by atoms with Crippen LogP contribution in [-0.4, -0.2) is 23.2 Å². The number of unbranched alkanes of at least 4 members (excludes halogenated alkanes) is 1. The fourth-order valence-corrected chi connectivity index (χ4v) is 2.90. The van der Waals surface area contributed by atoms with E-state index in [1.54, 1.807) is 0 Å². The van der Waals surface area contributed by atoms with Gasteiger partial charge in [0.1, 0.15) is 5.75 Å². The molecule has 1 aromatic carbocycles. The van der Waals surface area contributed by atoms with E-state index in [1.807, 2.05) is 25.1 Å². The number of anilines is 1. The summed E-state index contributed by atoms with van der Waals surface area (Å²) in [5.74, 6) is 0.713. The Morgan fingerprint density at radius 3 is 2.73 bits per heavy atom. The second kappa shape index (κ2) is 7.63. The molecule has 4 nitrogen and oxygen atoms in total. The van der Waals surface area contributed by atoms with E-state index in [0.717, 1.165) is 55.5 Å². The molecule has 0 aliphatic heterocycles. The Labute approximate surface area is 132 Å². The molecule has 122 valence electrons. The number of carbonyl (C=O) groups excluding carboxylic acids is 1. The van der Waals surface area contributed by atoms with Gasteiger partial charge in [-0.05, 0) is 49.9 Å². The van der Waals surface area contributed by atoms with Crippen LogP contribution in [0.25, 0.3) is 0 Å². The summed E-state index contributed by atoms with van der Waals surface area (Å²) in [7, 11) is 0. The van der Waals surface area contributed by atoms with Crippen molar-refractivity contribution in [2.45, 2.75) is 64.4 Å². The molecule has 0 bridgehead atoms. The van der Waals surface area contributed by atoms with Crippen LogP contribution >= 0.6 is 0 Å². The van der Waals surface area contributed by atoms with E-state index in [0.29, 0.717) is 6.61 Å². The monoisotopic (exact) mass is 305 g/mol. The van der Waals surface area contributed by atoms with E-state index in [4.69, 9.17) is 4.74 Å². The molecular formula is C18H27NO3. The minimum Gasteiger partial charge on any atom is -0.494 e. The van der Waals surface area contributed by atoms with Gasteiger partial charge in [0.15, 0.2) is 0 Å². The molecule has 2 N–H and O–H groups in total. The number of nitrogens with one attached hydrogen (secondary N) is 1. The molecule has 1 aromatic rings. The van der Waals surface area contributed by atoms with Gasteiger partial charge in [0, 0.05) is 5.69 Å². The number of carbonyl (C=O) groups is 1. The highest BCUT2D eigenvalue weighted by molar-refractivity contribution is 5.92. The Morgan fingerprint density at radius 1 is 1.36 bits per heavy atom. The molecule has 1 amide bonds. The summed E-state index contributed by atoms with van der Waals surface area (Å²) in [5.41, 5.74) is 0.955. The molecule has 2 rings (SSSR count). The van der Waals surface area contributed by atoms with Crippen LogP contribution in [0.1, 0.15) is 57.4 Å². The van der Waals surface area contributed by atoms with E-state index >= 15 is 0 Å². The molecule has 0 aromatic heterocycles. The average molecular weight is 305 g/mol. The summed E-state index contributed by atoms with van der Waals surface area (Å²) >= 11 is 0. The highest BCUT2D eigenvalue weighted by Gasteiger charge is 2.33. The number of hydrogen-bond acceptors (Lipinski definition) is 3. The largest absolute Gasteiger partial charge is 0.494 e. The zero-order chi connectivity index (χ0) is 16.0. The normalized spacial score (nSPS) is 16.5. The third-order valence-electron chi connectivity index (χ3n) is 4.26. The fraction of sp³-hybridized carbons (Fsp3) is 0.611. The quantitative estimate of drug-likeness (QED) is 0.753. The van der Waals surface area contributed by atoms with Crippen LogP contribution in [0.5, 0.6) is 5.75 Å². The summed E-state index contributed by atoms with van der Waals surface area (Å²) in [5, 5.41) is 13.2. The molecular weight excluding hydrogens is 278 g/mol. The van der Waals surface area contributed by atoms with E-state index < -0.39 is 5.60 Å². The van der Waals surface area contributed by atoms with Gasteiger partial charge >= 0.3 is 0 Å². The van der Waals surface area contributed by atoms with Crippen molar-refractivity contribution in [1.29, 1.82) is 0 Å². The lowest BCUT2D eigenvalue weighted by atomic mass is 9.97. The highest BCUT2D eigenvalue weighted by atomic mass is 16.5.